The number of rotatable bonds is 1. The van der Waals surface area contributed by atoms with Crippen LogP contribution in [0.2, 0.25) is 0 Å². The number of ether oxygens (including phenoxy) is 1. The molecule has 0 N–H and O–H groups in total. The van der Waals surface area contributed by atoms with E-state index in [4.69, 9.17) is 4.74 Å². The van der Waals surface area contributed by atoms with Gasteiger partial charge in [-0.25, -0.2) is 13.8 Å². The van der Waals surface area contributed by atoms with Gasteiger partial charge in [0.15, 0.2) is 0 Å². The molecule has 0 bridgehead atoms. The minimum absolute atomic E-state index is 0.289. The summed E-state index contributed by atoms with van der Waals surface area (Å²) in [4.78, 5) is 13.3. The number of benzene rings is 3. The second-order valence-electron chi connectivity index (χ2n) is 8.36. The van der Waals surface area contributed by atoms with Gasteiger partial charge in [0, 0.05) is 16.5 Å². The average Bonchev–Trinajstić information content (AvgIpc) is 3.20. The van der Waals surface area contributed by atoms with E-state index in [1.165, 1.54) is 12.1 Å². The highest BCUT2D eigenvalue weighted by Gasteiger charge is 2.26. The number of hydrogen-bond acceptors (Lipinski definition) is 2. The third kappa shape index (κ3) is 2.77. The highest BCUT2D eigenvalue weighted by molar-refractivity contribution is 6.21. The van der Waals surface area contributed by atoms with Crippen molar-refractivity contribution >= 4 is 38.9 Å². The van der Waals surface area contributed by atoms with Gasteiger partial charge in [-0.3, -0.25) is 0 Å². The Labute approximate surface area is 173 Å². The van der Waals surface area contributed by atoms with Crippen LogP contribution in [0.4, 0.5) is 9.18 Å². The van der Waals surface area contributed by atoms with E-state index in [0.29, 0.717) is 0 Å². The Bertz CT molecular complexity index is 1410. The van der Waals surface area contributed by atoms with Gasteiger partial charge in [-0.05, 0) is 57.2 Å². The summed E-state index contributed by atoms with van der Waals surface area (Å²) in [5.41, 5.74) is 3.60. The zero-order chi connectivity index (χ0) is 21.0. The van der Waals surface area contributed by atoms with Crippen LogP contribution >= 0.6 is 0 Å². The normalized spacial score (nSPS) is 12.1. The molecule has 3 aromatic carbocycles. The van der Waals surface area contributed by atoms with Crippen molar-refractivity contribution in [3.8, 4) is 5.69 Å². The molecule has 0 atom stereocenters. The van der Waals surface area contributed by atoms with Gasteiger partial charge >= 0.3 is 6.09 Å². The highest BCUT2D eigenvalue weighted by Crippen LogP contribution is 2.39. The van der Waals surface area contributed by atoms with Crippen molar-refractivity contribution in [1.82, 2.24) is 9.13 Å². The van der Waals surface area contributed by atoms with Gasteiger partial charge < -0.3 is 9.30 Å². The molecule has 2 heterocycles. The third-order valence-corrected chi connectivity index (χ3v) is 5.13. The van der Waals surface area contributed by atoms with Gasteiger partial charge in [0.2, 0.25) is 0 Å². The van der Waals surface area contributed by atoms with Gasteiger partial charge in [0.05, 0.1) is 22.1 Å². The summed E-state index contributed by atoms with van der Waals surface area (Å²) in [6.45, 7) is 5.57. The van der Waals surface area contributed by atoms with Crippen LogP contribution in [-0.2, 0) is 4.74 Å². The second kappa shape index (κ2) is 6.46. The molecule has 2 aromatic heterocycles. The number of carbonyl (C=O) groups is 1. The topological polar surface area (TPSA) is 36.2 Å². The van der Waals surface area contributed by atoms with Crippen molar-refractivity contribution < 1.29 is 13.9 Å². The van der Waals surface area contributed by atoms with Crippen LogP contribution in [0.3, 0.4) is 0 Å². The first-order chi connectivity index (χ1) is 14.3. The van der Waals surface area contributed by atoms with Crippen LogP contribution in [0.15, 0.2) is 72.8 Å². The van der Waals surface area contributed by atoms with Gasteiger partial charge in [-0.15, -0.1) is 0 Å². The monoisotopic (exact) mass is 400 g/mol. The predicted octanol–water partition coefficient (Wildman–Crippen LogP) is 6.66. The van der Waals surface area contributed by atoms with E-state index in [1.807, 2.05) is 69.3 Å². The number of hydrogen-bond donors (Lipinski definition) is 0. The minimum Gasteiger partial charge on any atom is -0.443 e. The van der Waals surface area contributed by atoms with Crippen molar-refractivity contribution in [3.63, 3.8) is 0 Å². The molecule has 5 rings (SSSR count). The summed E-state index contributed by atoms with van der Waals surface area (Å²) in [7, 11) is 0. The van der Waals surface area contributed by atoms with Gasteiger partial charge in [0.1, 0.15) is 11.4 Å². The van der Waals surface area contributed by atoms with Crippen LogP contribution in [0.5, 0.6) is 0 Å². The fourth-order valence-corrected chi connectivity index (χ4v) is 4.04. The maximum atomic E-state index is 13.6. The Morgan fingerprint density at radius 2 is 1.37 bits per heavy atom. The molecule has 0 saturated heterocycles. The predicted molar refractivity (Wildman–Crippen MR) is 118 cm³/mol. The van der Waals surface area contributed by atoms with Crippen LogP contribution in [0, 0.1) is 5.82 Å². The van der Waals surface area contributed by atoms with E-state index in [0.717, 1.165) is 38.5 Å². The number of aromatic nitrogens is 2. The summed E-state index contributed by atoms with van der Waals surface area (Å²) >= 11 is 0. The van der Waals surface area contributed by atoms with E-state index in [9.17, 15) is 9.18 Å². The Kier molecular flexibility index (Phi) is 3.97. The van der Waals surface area contributed by atoms with Crippen molar-refractivity contribution in [2.45, 2.75) is 26.4 Å². The van der Waals surface area contributed by atoms with Crippen molar-refractivity contribution in [1.29, 1.82) is 0 Å². The standard InChI is InChI=1S/C25H21FN2O2/c1-25(2,3)30-24(29)28-21-11-7-5-9-19(21)22-23(28)18-8-4-6-10-20(18)27(22)17-14-12-16(26)13-15-17/h4-15H,1-3H3. The Hall–Kier alpha value is -3.60. The molecule has 4 nitrogen and oxygen atoms in total. The molecule has 30 heavy (non-hydrogen) atoms. The zero-order valence-corrected chi connectivity index (χ0v) is 17.0. The van der Waals surface area contributed by atoms with Gasteiger partial charge in [0.25, 0.3) is 0 Å². The molecule has 0 aliphatic carbocycles. The van der Waals surface area contributed by atoms with Crippen molar-refractivity contribution in [2.24, 2.45) is 0 Å². The lowest BCUT2D eigenvalue weighted by molar-refractivity contribution is 0.0551. The number of carbonyl (C=O) groups excluding carboxylic acids is 1. The molecule has 150 valence electrons. The lowest BCUT2D eigenvalue weighted by Gasteiger charge is -2.20. The number of fused-ring (bicyclic) bond motifs is 5. The summed E-state index contributed by atoms with van der Waals surface area (Å²) in [6, 6.07) is 22.1. The zero-order valence-electron chi connectivity index (χ0n) is 17.0. The van der Waals surface area contributed by atoms with E-state index < -0.39 is 11.7 Å². The van der Waals surface area contributed by atoms with E-state index in [1.54, 1.807) is 16.7 Å². The Balaban J connectivity index is 1.96. The number of nitrogens with zero attached hydrogens (tertiary/aromatic N) is 2. The quantitative estimate of drug-likeness (QED) is 0.315. The molecule has 5 heteroatoms. The van der Waals surface area contributed by atoms with Crippen LogP contribution in [-0.4, -0.2) is 20.8 Å². The molecule has 0 fully saturated rings. The Morgan fingerprint density at radius 1 is 0.800 bits per heavy atom. The number of para-hydroxylation sites is 2. The SMILES string of the molecule is CC(C)(C)OC(=O)n1c2ccccc2c2c1c1ccccc1n2-c1ccc(F)cc1. The van der Waals surface area contributed by atoms with Crippen LogP contribution in [0.25, 0.3) is 38.5 Å². The van der Waals surface area contributed by atoms with E-state index in [-0.39, 0.29) is 5.82 Å². The second-order valence-corrected chi connectivity index (χ2v) is 8.36. The highest BCUT2D eigenvalue weighted by atomic mass is 19.1. The van der Waals surface area contributed by atoms with E-state index >= 15 is 0 Å². The molecule has 0 amide bonds. The summed E-state index contributed by atoms with van der Waals surface area (Å²) in [6.07, 6.45) is -0.421. The lowest BCUT2D eigenvalue weighted by Crippen LogP contribution is -2.27. The summed E-state index contributed by atoms with van der Waals surface area (Å²) in [5.74, 6) is -0.289. The average molecular weight is 400 g/mol. The van der Waals surface area contributed by atoms with Crippen molar-refractivity contribution in [2.75, 3.05) is 0 Å². The summed E-state index contributed by atoms with van der Waals surface area (Å²) < 4.78 is 23.1. The first-order valence-corrected chi connectivity index (χ1v) is 9.87. The Morgan fingerprint density at radius 3 is 2.00 bits per heavy atom. The largest absolute Gasteiger partial charge is 0.443 e. The maximum Gasteiger partial charge on any atom is 0.419 e. The van der Waals surface area contributed by atoms with Crippen LogP contribution in [0.1, 0.15) is 20.8 Å². The fourth-order valence-electron chi connectivity index (χ4n) is 4.04. The molecular formula is C25H21FN2O2. The molecule has 0 saturated carbocycles. The molecule has 0 unspecified atom stereocenters. The minimum atomic E-state index is -0.621. The fraction of sp³-hybridized carbons (Fsp3) is 0.160. The van der Waals surface area contributed by atoms with Crippen LogP contribution < -0.4 is 0 Å². The molecule has 0 spiro atoms. The molecule has 0 aliphatic rings. The van der Waals surface area contributed by atoms with Gasteiger partial charge in [-0.2, -0.15) is 0 Å². The molecule has 5 aromatic rings. The lowest BCUT2D eigenvalue weighted by atomic mass is 10.2. The van der Waals surface area contributed by atoms with Crippen molar-refractivity contribution in [3.05, 3.63) is 78.6 Å². The summed E-state index contributed by atoms with van der Waals surface area (Å²) in [5, 5.41) is 1.86. The third-order valence-electron chi connectivity index (χ3n) is 5.13. The maximum absolute atomic E-state index is 13.6. The van der Waals surface area contributed by atoms with E-state index in [2.05, 4.69) is 4.57 Å². The first-order valence-electron chi connectivity index (χ1n) is 9.87. The molecular weight excluding hydrogens is 379 g/mol. The smallest absolute Gasteiger partial charge is 0.419 e. The van der Waals surface area contributed by atoms with Gasteiger partial charge in [-0.1, -0.05) is 36.4 Å². The first kappa shape index (κ1) is 18.4. The molecule has 0 aliphatic heterocycles. The number of halogens is 1. The molecule has 0 radical (unpaired) electrons.